The molecule has 1 aliphatic rings. The molecule has 3 amide bonds. The van der Waals surface area contributed by atoms with Crippen LogP contribution in [0.25, 0.3) is 0 Å². The van der Waals surface area contributed by atoms with Gasteiger partial charge in [0.25, 0.3) is 5.91 Å². The van der Waals surface area contributed by atoms with Gasteiger partial charge in [0.15, 0.2) is 0 Å². The summed E-state index contributed by atoms with van der Waals surface area (Å²) < 4.78 is 0. The zero-order chi connectivity index (χ0) is 22.5. The Hall–Kier alpha value is -4.11. The smallest absolute Gasteiger partial charge is 0.322 e. The summed E-state index contributed by atoms with van der Waals surface area (Å²) in [6.45, 7) is 3.80. The number of nitriles is 1. The van der Waals surface area contributed by atoms with Crippen molar-refractivity contribution >= 4 is 23.3 Å². The molecule has 1 N–H and O–H groups in total. The van der Waals surface area contributed by atoms with E-state index < -0.39 is 0 Å². The molecule has 1 heterocycles. The Kier molecular flexibility index (Phi) is 6.18. The average molecular weight is 425 g/mol. The molecule has 0 aromatic heterocycles. The molecule has 0 saturated carbocycles. The van der Waals surface area contributed by atoms with Crippen LogP contribution >= 0.6 is 0 Å². The van der Waals surface area contributed by atoms with E-state index >= 15 is 0 Å². The van der Waals surface area contributed by atoms with Crippen molar-refractivity contribution in [1.82, 2.24) is 4.90 Å². The van der Waals surface area contributed by atoms with Gasteiger partial charge in [-0.15, -0.1) is 0 Å². The number of hydrogen-bond donors (Lipinski definition) is 1. The number of hydrogen-bond acceptors (Lipinski definition) is 3. The van der Waals surface area contributed by atoms with E-state index in [2.05, 4.69) is 11.4 Å². The molecule has 0 atom stereocenters. The molecule has 1 aliphatic heterocycles. The lowest BCUT2D eigenvalue weighted by Crippen LogP contribution is -2.49. The molecular weight excluding hydrogens is 400 g/mol. The number of nitrogens with zero attached hydrogens (tertiary/aromatic N) is 3. The van der Waals surface area contributed by atoms with Crippen LogP contribution in [0.2, 0.25) is 0 Å². The Morgan fingerprint density at radius 1 is 1.03 bits per heavy atom. The summed E-state index contributed by atoms with van der Waals surface area (Å²) in [5.74, 6) is -0.163. The van der Waals surface area contributed by atoms with Crippen LogP contribution in [-0.2, 0) is 6.54 Å². The van der Waals surface area contributed by atoms with Crippen molar-refractivity contribution in [2.45, 2.75) is 19.9 Å². The average Bonchev–Trinajstić information content (AvgIpc) is 2.81. The predicted molar refractivity (Wildman–Crippen MR) is 125 cm³/mol. The van der Waals surface area contributed by atoms with Crippen LogP contribution in [0.5, 0.6) is 0 Å². The van der Waals surface area contributed by atoms with Crippen LogP contribution in [0.1, 0.15) is 33.5 Å². The first kappa shape index (κ1) is 21.1. The first-order valence-corrected chi connectivity index (χ1v) is 10.6. The van der Waals surface area contributed by atoms with Crippen LogP contribution in [-0.4, -0.2) is 29.9 Å². The third-order valence-corrected chi connectivity index (χ3v) is 5.48. The van der Waals surface area contributed by atoms with E-state index in [9.17, 15) is 9.59 Å². The summed E-state index contributed by atoms with van der Waals surface area (Å²) in [5.41, 5.74) is 4.72. The van der Waals surface area contributed by atoms with Crippen LogP contribution in [0.3, 0.4) is 0 Å². The molecule has 3 aromatic carbocycles. The fourth-order valence-electron chi connectivity index (χ4n) is 3.79. The highest BCUT2D eigenvalue weighted by molar-refractivity contribution is 6.04. The molecule has 3 aromatic rings. The number of aryl methyl sites for hydroxylation is 1. The van der Waals surface area contributed by atoms with Crippen molar-refractivity contribution in [2.24, 2.45) is 0 Å². The van der Waals surface area contributed by atoms with E-state index in [1.165, 1.54) is 0 Å². The molecule has 160 valence electrons. The zero-order valence-electron chi connectivity index (χ0n) is 17.9. The van der Waals surface area contributed by atoms with E-state index in [-0.39, 0.29) is 11.9 Å². The molecule has 0 unspecified atom stereocenters. The van der Waals surface area contributed by atoms with Gasteiger partial charge in [-0.1, -0.05) is 29.8 Å². The second kappa shape index (κ2) is 9.36. The van der Waals surface area contributed by atoms with E-state index in [1.807, 2.05) is 66.4 Å². The van der Waals surface area contributed by atoms with Gasteiger partial charge in [-0.3, -0.25) is 9.69 Å². The van der Waals surface area contributed by atoms with E-state index in [0.717, 1.165) is 23.2 Å². The van der Waals surface area contributed by atoms with Crippen molar-refractivity contribution in [1.29, 1.82) is 5.26 Å². The zero-order valence-corrected chi connectivity index (χ0v) is 17.9. The molecule has 1 saturated heterocycles. The van der Waals surface area contributed by atoms with Crippen LogP contribution in [0.15, 0.2) is 72.8 Å². The van der Waals surface area contributed by atoms with E-state index in [4.69, 9.17) is 5.26 Å². The lowest BCUT2D eigenvalue weighted by atomic mass is 10.1. The van der Waals surface area contributed by atoms with Gasteiger partial charge in [0.05, 0.1) is 11.6 Å². The molecule has 0 spiro atoms. The van der Waals surface area contributed by atoms with Crippen molar-refractivity contribution < 1.29 is 9.59 Å². The Labute approximate surface area is 187 Å². The van der Waals surface area contributed by atoms with Crippen molar-refractivity contribution in [3.63, 3.8) is 0 Å². The maximum Gasteiger partial charge on any atom is 0.324 e. The standard InChI is InChI=1S/C26H24N4O2/c1-19-4-2-5-22(16-19)25(31)28-23-10-12-24(13-11-23)30-15-3-14-29(26(30)32)18-21-8-6-20(17-27)7-9-21/h2,4-13,16H,3,14-15,18H2,1H3,(H,28,31). The number of anilines is 2. The molecule has 1 fully saturated rings. The summed E-state index contributed by atoms with van der Waals surface area (Å²) in [6, 6.07) is 24.2. The molecule has 4 rings (SSSR count). The third-order valence-electron chi connectivity index (χ3n) is 5.48. The minimum atomic E-state index is -0.163. The summed E-state index contributed by atoms with van der Waals surface area (Å²) >= 11 is 0. The number of amides is 3. The van der Waals surface area contributed by atoms with Crippen molar-refractivity contribution in [2.75, 3.05) is 23.3 Å². The third kappa shape index (κ3) is 4.79. The van der Waals surface area contributed by atoms with Gasteiger partial charge in [0, 0.05) is 36.6 Å². The molecule has 6 heteroatoms. The lowest BCUT2D eigenvalue weighted by Gasteiger charge is -2.35. The maximum absolute atomic E-state index is 13.1. The van der Waals surface area contributed by atoms with Gasteiger partial charge in [0.1, 0.15) is 0 Å². The van der Waals surface area contributed by atoms with Gasteiger partial charge in [-0.2, -0.15) is 5.26 Å². The van der Waals surface area contributed by atoms with Gasteiger partial charge >= 0.3 is 6.03 Å². The Morgan fingerprint density at radius 2 is 1.78 bits per heavy atom. The minimum absolute atomic E-state index is 0.0443. The molecule has 0 radical (unpaired) electrons. The fraction of sp³-hybridized carbons (Fsp3) is 0.192. The summed E-state index contributed by atoms with van der Waals surface area (Å²) in [4.78, 5) is 29.1. The van der Waals surface area contributed by atoms with E-state index in [0.29, 0.717) is 36.4 Å². The summed E-state index contributed by atoms with van der Waals surface area (Å²) in [5, 5.41) is 11.8. The SMILES string of the molecule is Cc1cccc(C(=O)Nc2ccc(N3CCCN(Cc4ccc(C#N)cc4)C3=O)cc2)c1. The number of rotatable bonds is 5. The van der Waals surface area contributed by atoms with Gasteiger partial charge in [0.2, 0.25) is 0 Å². The highest BCUT2D eigenvalue weighted by atomic mass is 16.2. The number of carbonyl (C=O) groups excluding carboxylic acids is 2. The second-order valence-electron chi connectivity index (χ2n) is 7.89. The normalized spacial score (nSPS) is 13.6. The van der Waals surface area contributed by atoms with Crippen LogP contribution < -0.4 is 10.2 Å². The summed E-state index contributed by atoms with van der Waals surface area (Å²) in [7, 11) is 0. The largest absolute Gasteiger partial charge is 0.324 e. The van der Waals surface area contributed by atoms with E-state index in [1.54, 1.807) is 23.1 Å². The Morgan fingerprint density at radius 3 is 2.47 bits per heavy atom. The Balaban J connectivity index is 1.42. The molecule has 6 nitrogen and oxygen atoms in total. The number of urea groups is 1. The minimum Gasteiger partial charge on any atom is -0.322 e. The highest BCUT2D eigenvalue weighted by Gasteiger charge is 2.26. The van der Waals surface area contributed by atoms with Crippen LogP contribution in [0.4, 0.5) is 16.2 Å². The monoisotopic (exact) mass is 424 g/mol. The lowest BCUT2D eigenvalue weighted by molar-refractivity contribution is 0.102. The first-order valence-electron chi connectivity index (χ1n) is 10.6. The maximum atomic E-state index is 13.1. The predicted octanol–water partition coefficient (Wildman–Crippen LogP) is 4.95. The number of benzene rings is 3. The van der Waals surface area contributed by atoms with Gasteiger partial charge < -0.3 is 10.2 Å². The highest BCUT2D eigenvalue weighted by Crippen LogP contribution is 2.24. The van der Waals surface area contributed by atoms with Crippen molar-refractivity contribution in [3.8, 4) is 6.07 Å². The fourth-order valence-corrected chi connectivity index (χ4v) is 3.79. The second-order valence-corrected chi connectivity index (χ2v) is 7.89. The van der Waals surface area contributed by atoms with Gasteiger partial charge in [-0.05, 0) is 67.4 Å². The molecular formula is C26H24N4O2. The van der Waals surface area contributed by atoms with Crippen molar-refractivity contribution in [3.05, 3.63) is 95.1 Å². The Bertz CT molecular complexity index is 1160. The number of nitrogens with one attached hydrogen (secondary N) is 1. The molecule has 32 heavy (non-hydrogen) atoms. The topological polar surface area (TPSA) is 76.4 Å². The molecule has 0 aliphatic carbocycles. The summed E-state index contributed by atoms with van der Waals surface area (Å²) in [6.07, 6.45) is 0.869. The molecule has 0 bridgehead atoms. The number of carbonyl (C=O) groups is 2. The first-order chi connectivity index (χ1) is 15.5. The quantitative estimate of drug-likeness (QED) is 0.629. The van der Waals surface area contributed by atoms with Gasteiger partial charge in [-0.25, -0.2) is 4.79 Å². The van der Waals surface area contributed by atoms with Crippen LogP contribution in [0, 0.1) is 18.3 Å².